The van der Waals surface area contributed by atoms with Crippen molar-refractivity contribution in [2.24, 2.45) is 7.05 Å². The Kier molecular flexibility index (Phi) is 4.02. The van der Waals surface area contributed by atoms with Crippen molar-refractivity contribution in [2.45, 2.75) is 6.54 Å². The third kappa shape index (κ3) is 3.03. The molecule has 1 N–H and O–H groups in total. The van der Waals surface area contributed by atoms with Crippen molar-refractivity contribution in [1.29, 1.82) is 0 Å². The molecule has 0 atom stereocenters. The largest absolute Gasteiger partial charge is 0.348 e. The number of pyridine rings is 1. The highest BCUT2D eigenvalue weighted by Crippen LogP contribution is 2.14. The Balaban J connectivity index is 2.13. The lowest BCUT2D eigenvalue weighted by Gasteiger charge is -2.07. The van der Waals surface area contributed by atoms with Gasteiger partial charge >= 0.3 is 0 Å². The number of aryl methyl sites for hydroxylation is 1. The van der Waals surface area contributed by atoms with Crippen LogP contribution in [0, 0.1) is 0 Å². The molecule has 4 nitrogen and oxygen atoms in total. The smallest absolute Gasteiger partial charge is 0.263 e. The number of hydrogen-bond donors (Lipinski definition) is 1. The van der Waals surface area contributed by atoms with E-state index in [4.69, 9.17) is 11.6 Å². The number of rotatable bonds is 3. The maximum absolute atomic E-state index is 11.9. The van der Waals surface area contributed by atoms with Gasteiger partial charge in [0.15, 0.2) is 0 Å². The number of nitrogens with zero attached hydrogens (tertiary/aromatic N) is 1. The zero-order valence-electron chi connectivity index (χ0n) is 10.4. The van der Waals surface area contributed by atoms with Crippen molar-refractivity contribution in [3.8, 4) is 0 Å². The predicted molar refractivity (Wildman–Crippen MR) is 74.3 cm³/mol. The van der Waals surface area contributed by atoms with Crippen LogP contribution in [0.25, 0.3) is 0 Å². The second kappa shape index (κ2) is 5.71. The molecule has 1 aromatic heterocycles. The molecule has 0 bridgehead atoms. The number of benzene rings is 1. The van der Waals surface area contributed by atoms with Crippen LogP contribution in [0.1, 0.15) is 15.9 Å². The molecule has 0 aliphatic heterocycles. The van der Waals surface area contributed by atoms with Crippen LogP contribution in [0.2, 0.25) is 5.02 Å². The monoisotopic (exact) mass is 276 g/mol. The van der Waals surface area contributed by atoms with E-state index in [1.165, 1.54) is 10.6 Å². The Morgan fingerprint density at radius 2 is 2.00 bits per heavy atom. The van der Waals surface area contributed by atoms with Crippen molar-refractivity contribution in [3.63, 3.8) is 0 Å². The fourth-order valence-corrected chi connectivity index (χ4v) is 1.89. The van der Waals surface area contributed by atoms with Gasteiger partial charge in [0.1, 0.15) is 5.56 Å². The molecule has 98 valence electrons. The van der Waals surface area contributed by atoms with Crippen molar-refractivity contribution < 1.29 is 4.79 Å². The molecule has 1 aromatic carbocycles. The maximum atomic E-state index is 11.9. The summed E-state index contributed by atoms with van der Waals surface area (Å²) in [5.41, 5.74) is 0.612. The topological polar surface area (TPSA) is 51.1 Å². The van der Waals surface area contributed by atoms with E-state index in [1.807, 2.05) is 18.2 Å². The van der Waals surface area contributed by atoms with Crippen LogP contribution >= 0.6 is 11.6 Å². The Bertz CT molecular complexity index is 664. The third-order valence-corrected chi connectivity index (χ3v) is 3.13. The molecule has 0 saturated heterocycles. The molecule has 1 amide bonds. The first-order valence-electron chi connectivity index (χ1n) is 5.77. The quantitative estimate of drug-likeness (QED) is 0.932. The Hall–Kier alpha value is -2.07. The first-order chi connectivity index (χ1) is 9.09. The number of amides is 1. The summed E-state index contributed by atoms with van der Waals surface area (Å²) in [5, 5.41) is 3.27. The van der Waals surface area contributed by atoms with Crippen LogP contribution in [0.5, 0.6) is 0 Å². The lowest BCUT2D eigenvalue weighted by Crippen LogP contribution is -2.31. The van der Waals surface area contributed by atoms with Gasteiger partial charge in [0.2, 0.25) is 0 Å². The zero-order chi connectivity index (χ0) is 13.8. The predicted octanol–water partition coefficient (Wildman–Crippen LogP) is 1.97. The standard InChI is InChI=1S/C14H13ClN2O2/c1-17-8-4-6-11(14(17)19)13(18)16-9-10-5-2-3-7-12(10)15/h2-8H,9H2,1H3,(H,16,18). The van der Waals surface area contributed by atoms with E-state index in [-0.39, 0.29) is 17.7 Å². The van der Waals surface area contributed by atoms with Gasteiger partial charge in [-0.05, 0) is 23.8 Å². The second-order valence-electron chi connectivity index (χ2n) is 4.11. The minimum absolute atomic E-state index is 0.122. The highest BCUT2D eigenvalue weighted by atomic mass is 35.5. The molecule has 0 unspecified atom stereocenters. The van der Waals surface area contributed by atoms with Gasteiger partial charge in [0, 0.05) is 24.8 Å². The average Bonchev–Trinajstić information content (AvgIpc) is 2.40. The molecule has 2 rings (SSSR count). The van der Waals surface area contributed by atoms with Crippen LogP contribution < -0.4 is 10.9 Å². The van der Waals surface area contributed by atoms with Gasteiger partial charge in [-0.2, -0.15) is 0 Å². The van der Waals surface area contributed by atoms with Crippen LogP contribution in [0.15, 0.2) is 47.4 Å². The van der Waals surface area contributed by atoms with Gasteiger partial charge in [-0.15, -0.1) is 0 Å². The van der Waals surface area contributed by atoms with E-state index in [9.17, 15) is 9.59 Å². The number of hydrogen-bond acceptors (Lipinski definition) is 2. The maximum Gasteiger partial charge on any atom is 0.263 e. The molecular weight excluding hydrogens is 264 g/mol. The first kappa shape index (κ1) is 13.4. The number of carbonyl (C=O) groups excluding carboxylic acids is 1. The summed E-state index contributed by atoms with van der Waals surface area (Å²) in [5.74, 6) is -0.402. The van der Waals surface area contributed by atoms with E-state index in [0.29, 0.717) is 5.02 Å². The van der Waals surface area contributed by atoms with E-state index in [2.05, 4.69) is 5.32 Å². The lowest BCUT2D eigenvalue weighted by atomic mass is 10.2. The van der Waals surface area contributed by atoms with Crippen molar-refractivity contribution in [3.05, 3.63) is 69.1 Å². The summed E-state index contributed by atoms with van der Waals surface area (Å²) >= 11 is 5.99. The second-order valence-corrected chi connectivity index (χ2v) is 4.52. The number of halogens is 1. The molecule has 0 radical (unpaired) electrons. The summed E-state index contributed by atoms with van der Waals surface area (Å²) in [6, 6.07) is 10.4. The number of nitrogens with one attached hydrogen (secondary N) is 1. The molecule has 0 spiro atoms. The SMILES string of the molecule is Cn1cccc(C(=O)NCc2ccccc2Cl)c1=O. The van der Waals surface area contributed by atoms with Gasteiger partial charge < -0.3 is 9.88 Å². The van der Waals surface area contributed by atoms with Crippen molar-refractivity contribution >= 4 is 17.5 Å². The van der Waals surface area contributed by atoms with Crippen LogP contribution in [0.3, 0.4) is 0 Å². The molecule has 1 heterocycles. The van der Waals surface area contributed by atoms with Crippen LogP contribution in [0.4, 0.5) is 0 Å². The average molecular weight is 277 g/mol. The van der Waals surface area contributed by atoms with E-state index >= 15 is 0 Å². The van der Waals surface area contributed by atoms with Gasteiger partial charge in [-0.1, -0.05) is 29.8 Å². The highest BCUT2D eigenvalue weighted by molar-refractivity contribution is 6.31. The van der Waals surface area contributed by atoms with Crippen molar-refractivity contribution in [2.75, 3.05) is 0 Å². The normalized spacial score (nSPS) is 10.2. The first-order valence-corrected chi connectivity index (χ1v) is 6.14. The zero-order valence-corrected chi connectivity index (χ0v) is 11.1. The highest BCUT2D eigenvalue weighted by Gasteiger charge is 2.11. The number of carbonyl (C=O) groups is 1. The fourth-order valence-electron chi connectivity index (χ4n) is 1.68. The summed E-state index contributed by atoms with van der Waals surface area (Å²) in [4.78, 5) is 23.7. The molecule has 0 fully saturated rings. The van der Waals surface area contributed by atoms with Gasteiger partial charge in [0.05, 0.1) is 0 Å². The lowest BCUT2D eigenvalue weighted by molar-refractivity contribution is 0.0949. The number of aromatic nitrogens is 1. The summed E-state index contributed by atoms with van der Waals surface area (Å²) < 4.78 is 1.37. The van der Waals surface area contributed by atoms with E-state index < -0.39 is 5.91 Å². The minimum Gasteiger partial charge on any atom is -0.348 e. The molecular formula is C14H13ClN2O2. The van der Waals surface area contributed by atoms with Gasteiger partial charge in [-0.25, -0.2) is 0 Å². The summed E-state index contributed by atoms with van der Waals surface area (Å²) in [7, 11) is 1.60. The minimum atomic E-state index is -0.402. The molecule has 19 heavy (non-hydrogen) atoms. The molecule has 0 saturated carbocycles. The molecule has 2 aromatic rings. The van der Waals surface area contributed by atoms with E-state index in [1.54, 1.807) is 25.4 Å². The van der Waals surface area contributed by atoms with Gasteiger partial charge in [-0.3, -0.25) is 9.59 Å². The van der Waals surface area contributed by atoms with Crippen LogP contribution in [-0.4, -0.2) is 10.5 Å². The fraction of sp³-hybridized carbons (Fsp3) is 0.143. The summed E-state index contributed by atoms with van der Waals surface area (Å²) in [6.45, 7) is 0.288. The molecule has 5 heteroatoms. The Labute approximate surface area is 115 Å². The Morgan fingerprint density at radius 3 is 2.74 bits per heavy atom. The Morgan fingerprint density at radius 1 is 1.26 bits per heavy atom. The van der Waals surface area contributed by atoms with Gasteiger partial charge in [0.25, 0.3) is 11.5 Å². The molecule has 0 aliphatic carbocycles. The summed E-state index contributed by atoms with van der Waals surface area (Å²) in [6.07, 6.45) is 1.60. The molecule has 0 aliphatic rings. The van der Waals surface area contributed by atoms with Crippen LogP contribution in [-0.2, 0) is 13.6 Å². The third-order valence-electron chi connectivity index (χ3n) is 2.77. The van der Waals surface area contributed by atoms with E-state index in [0.717, 1.165) is 5.56 Å². The van der Waals surface area contributed by atoms with Crippen molar-refractivity contribution in [1.82, 2.24) is 9.88 Å².